The van der Waals surface area contributed by atoms with Crippen LogP contribution in [0.5, 0.6) is 0 Å². The molecule has 6 nitrogen and oxygen atoms in total. The topological polar surface area (TPSA) is 89.6 Å². The van der Waals surface area contributed by atoms with Crippen LogP contribution in [0.25, 0.3) is 0 Å². The Balaban J connectivity index is 1.69. The van der Waals surface area contributed by atoms with Crippen LogP contribution >= 0.6 is 0 Å². The van der Waals surface area contributed by atoms with Gasteiger partial charge in [-0.15, -0.1) is 0 Å². The molecule has 0 bridgehead atoms. The number of nitrogens with one attached hydrogen (secondary N) is 1. The first-order valence-electron chi connectivity index (χ1n) is 9.17. The van der Waals surface area contributed by atoms with Crippen LogP contribution in [0.2, 0.25) is 0 Å². The molecule has 0 radical (unpaired) electrons. The van der Waals surface area contributed by atoms with Gasteiger partial charge in [-0.05, 0) is 50.1 Å². The van der Waals surface area contributed by atoms with Crippen LogP contribution in [-0.4, -0.2) is 23.5 Å². The molecule has 4 rings (SSSR count). The number of nitrogens with two attached hydrogens (primary N) is 1. The summed E-state index contributed by atoms with van der Waals surface area (Å²) in [4.78, 5) is 20.4. The fourth-order valence-corrected chi connectivity index (χ4v) is 3.83. The number of alkyl halides is 3. The van der Waals surface area contributed by atoms with Gasteiger partial charge in [-0.3, -0.25) is 9.78 Å². The summed E-state index contributed by atoms with van der Waals surface area (Å²) in [6, 6.07) is 5.57. The number of carbonyl (C=O) groups excluding carboxylic acids is 1. The lowest BCUT2D eigenvalue weighted by molar-refractivity contribution is -0.138. The largest absolute Gasteiger partial charge is 0.465 e. The SMILES string of the molecule is C[C@]1(c2cc(NC(=O)c3ncccc3C(F)(F)F)ccc2F)N=C(N)OCC12CC2. The normalized spacial score (nSPS) is 22.2. The molecule has 3 N–H and O–H groups in total. The van der Waals surface area contributed by atoms with Crippen LogP contribution in [0.1, 0.15) is 41.4 Å². The van der Waals surface area contributed by atoms with Gasteiger partial charge in [-0.1, -0.05) is 0 Å². The minimum Gasteiger partial charge on any atom is -0.465 e. The Morgan fingerprint density at radius 3 is 2.67 bits per heavy atom. The average molecular weight is 422 g/mol. The molecule has 1 amide bonds. The first kappa shape index (κ1) is 20.1. The monoisotopic (exact) mass is 422 g/mol. The van der Waals surface area contributed by atoms with E-state index in [1.54, 1.807) is 6.92 Å². The highest BCUT2D eigenvalue weighted by atomic mass is 19.4. The van der Waals surface area contributed by atoms with E-state index in [0.717, 1.165) is 37.2 Å². The summed E-state index contributed by atoms with van der Waals surface area (Å²) in [5.41, 5.74) is 2.65. The van der Waals surface area contributed by atoms with Crippen LogP contribution < -0.4 is 11.1 Å². The zero-order valence-electron chi connectivity index (χ0n) is 15.9. The van der Waals surface area contributed by atoms with E-state index < -0.39 is 40.1 Å². The Hall–Kier alpha value is -3.17. The van der Waals surface area contributed by atoms with Gasteiger partial charge in [0.25, 0.3) is 11.9 Å². The number of carbonyl (C=O) groups is 1. The van der Waals surface area contributed by atoms with Gasteiger partial charge in [0.05, 0.1) is 12.2 Å². The van der Waals surface area contributed by atoms with Crippen LogP contribution in [0.4, 0.5) is 23.2 Å². The molecule has 2 aromatic rings. The quantitative estimate of drug-likeness (QED) is 0.736. The smallest absolute Gasteiger partial charge is 0.418 e. The van der Waals surface area contributed by atoms with E-state index in [9.17, 15) is 22.4 Å². The number of halogens is 4. The second kappa shape index (κ2) is 6.68. The van der Waals surface area contributed by atoms with Crippen LogP contribution in [0, 0.1) is 11.2 Å². The number of hydrogen-bond donors (Lipinski definition) is 2. The Kier molecular flexibility index (Phi) is 4.48. The zero-order chi connectivity index (χ0) is 21.7. The fraction of sp³-hybridized carbons (Fsp3) is 0.350. The molecule has 158 valence electrons. The molecule has 30 heavy (non-hydrogen) atoms. The van der Waals surface area contributed by atoms with Crippen molar-refractivity contribution in [1.29, 1.82) is 0 Å². The number of benzene rings is 1. The van der Waals surface area contributed by atoms with Crippen molar-refractivity contribution in [2.75, 3.05) is 11.9 Å². The average Bonchev–Trinajstić information content (AvgIpc) is 3.47. The summed E-state index contributed by atoms with van der Waals surface area (Å²) in [5, 5.41) is 2.37. The summed E-state index contributed by atoms with van der Waals surface area (Å²) in [5.74, 6) is -1.61. The van der Waals surface area contributed by atoms with Crippen LogP contribution in [-0.2, 0) is 16.5 Å². The molecule has 1 aromatic heterocycles. The van der Waals surface area contributed by atoms with Crippen molar-refractivity contribution in [3.8, 4) is 0 Å². The van der Waals surface area contributed by atoms with Crippen molar-refractivity contribution in [2.24, 2.45) is 16.1 Å². The molecule has 1 aliphatic carbocycles. The number of aromatic nitrogens is 1. The molecule has 1 aromatic carbocycles. The third kappa shape index (κ3) is 3.25. The lowest BCUT2D eigenvalue weighted by atomic mass is 9.76. The minimum atomic E-state index is -4.74. The lowest BCUT2D eigenvalue weighted by Crippen LogP contribution is -2.43. The third-order valence-corrected chi connectivity index (χ3v) is 5.79. The molecule has 1 saturated carbocycles. The number of rotatable bonds is 3. The highest BCUT2D eigenvalue weighted by Crippen LogP contribution is 2.62. The van der Waals surface area contributed by atoms with E-state index >= 15 is 0 Å². The predicted molar refractivity (Wildman–Crippen MR) is 100 cm³/mol. The molecule has 10 heteroatoms. The Labute approximate surface area is 169 Å². The maximum atomic E-state index is 14.8. The number of nitrogens with zero attached hydrogens (tertiary/aromatic N) is 2. The van der Waals surface area contributed by atoms with Crippen molar-refractivity contribution in [3.63, 3.8) is 0 Å². The first-order valence-corrected chi connectivity index (χ1v) is 9.17. The van der Waals surface area contributed by atoms with E-state index in [2.05, 4.69) is 15.3 Å². The summed E-state index contributed by atoms with van der Waals surface area (Å²) in [6.07, 6.45) is -2.12. The number of anilines is 1. The van der Waals surface area contributed by atoms with E-state index in [4.69, 9.17) is 10.5 Å². The van der Waals surface area contributed by atoms with Gasteiger partial charge in [0.1, 0.15) is 17.1 Å². The third-order valence-electron chi connectivity index (χ3n) is 5.79. The standard InChI is InChI=1S/C20H18F4N4O2/c1-18(19(6-7-19)10-30-17(25)28-18)13-9-11(4-5-14(13)21)27-16(29)15-12(20(22,23)24)3-2-8-26-15/h2-5,8-9H,6-7,10H2,1H3,(H2,25,28)(H,27,29)/t18-/m1/s1. The van der Waals surface area contributed by atoms with Crippen molar-refractivity contribution in [1.82, 2.24) is 4.98 Å². The van der Waals surface area contributed by atoms with Crippen molar-refractivity contribution < 1.29 is 27.1 Å². The molecule has 2 aliphatic rings. The number of pyridine rings is 1. The zero-order valence-corrected chi connectivity index (χ0v) is 15.9. The van der Waals surface area contributed by atoms with Gasteiger partial charge in [0.15, 0.2) is 0 Å². The summed E-state index contributed by atoms with van der Waals surface area (Å²) < 4.78 is 59.6. The second-order valence-electron chi connectivity index (χ2n) is 7.64. The van der Waals surface area contributed by atoms with E-state index in [0.29, 0.717) is 0 Å². The van der Waals surface area contributed by atoms with Gasteiger partial charge in [-0.25, -0.2) is 9.38 Å². The van der Waals surface area contributed by atoms with Crippen LogP contribution in [0.15, 0.2) is 41.5 Å². The minimum absolute atomic E-state index is 0.0628. The van der Waals surface area contributed by atoms with E-state index in [1.807, 2.05) is 0 Å². The second-order valence-corrected chi connectivity index (χ2v) is 7.64. The molecular weight excluding hydrogens is 404 g/mol. The fourth-order valence-electron chi connectivity index (χ4n) is 3.83. The molecule has 1 aliphatic heterocycles. The van der Waals surface area contributed by atoms with Gasteiger partial charge in [0.2, 0.25) is 0 Å². The number of ether oxygens (including phenoxy) is 1. The van der Waals surface area contributed by atoms with Gasteiger partial charge >= 0.3 is 6.18 Å². The van der Waals surface area contributed by atoms with Gasteiger partial charge in [0, 0.05) is 22.9 Å². The number of hydrogen-bond acceptors (Lipinski definition) is 5. The molecule has 0 saturated heterocycles. The maximum Gasteiger partial charge on any atom is 0.418 e. The molecule has 1 spiro atoms. The Morgan fingerprint density at radius 1 is 1.27 bits per heavy atom. The number of amidine groups is 1. The predicted octanol–water partition coefficient (Wildman–Crippen LogP) is 3.83. The van der Waals surface area contributed by atoms with Crippen molar-refractivity contribution in [2.45, 2.75) is 31.5 Å². The van der Waals surface area contributed by atoms with E-state index in [1.165, 1.54) is 12.1 Å². The van der Waals surface area contributed by atoms with Gasteiger partial charge in [-0.2, -0.15) is 13.2 Å². The Morgan fingerprint density at radius 2 is 2.00 bits per heavy atom. The lowest BCUT2D eigenvalue weighted by Gasteiger charge is -2.38. The molecule has 1 fully saturated rings. The van der Waals surface area contributed by atoms with E-state index in [-0.39, 0.29) is 23.9 Å². The molecule has 1 atom stereocenters. The Bertz CT molecular complexity index is 1050. The molecular formula is C20H18F4N4O2. The number of amides is 1. The van der Waals surface area contributed by atoms with Crippen LogP contribution in [0.3, 0.4) is 0 Å². The highest BCUT2D eigenvalue weighted by Gasteiger charge is 2.61. The summed E-state index contributed by atoms with van der Waals surface area (Å²) in [6.45, 7) is 2.03. The maximum absolute atomic E-state index is 14.8. The van der Waals surface area contributed by atoms with Crippen molar-refractivity contribution >= 4 is 17.6 Å². The first-order chi connectivity index (χ1) is 14.1. The van der Waals surface area contributed by atoms with Crippen molar-refractivity contribution in [3.05, 3.63) is 59.2 Å². The molecule has 2 heterocycles. The van der Waals surface area contributed by atoms with Gasteiger partial charge < -0.3 is 15.8 Å². The summed E-state index contributed by atoms with van der Waals surface area (Å²) >= 11 is 0. The highest BCUT2D eigenvalue weighted by molar-refractivity contribution is 6.04. The number of aliphatic imine (C=N–C) groups is 1. The molecule has 0 unspecified atom stereocenters. The summed E-state index contributed by atoms with van der Waals surface area (Å²) in [7, 11) is 0.